The minimum absolute atomic E-state index is 0.0620. The zero-order valence-corrected chi connectivity index (χ0v) is 23.5. The van der Waals surface area contributed by atoms with Gasteiger partial charge in [-0.05, 0) is 55.1 Å². The number of hydrogen-bond acceptors (Lipinski definition) is 7. The summed E-state index contributed by atoms with van der Waals surface area (Å²) < 4.78 is 29.7. The summed E-state index contributed by atoms with van der Waals surface area (Å²) >= 11 is 0. The fourth-order valence-corrected chi connectivity index (χ4v) is 7.36. The maximum Gasteiger partial charge on any atom is 0.264 e. The van der Waals surface area contributed by atoms with E-state index in [1.54, 1.807) is 18.2 Å². The molecule has 3 aromatic rings. The lowest BCUT2D eigenvalue weighted by atomic mass is 9.86. The van der Waals surface area contributed by atoms with Crippen LogP contribution in [0.1, 0.15) is 41.3 Å². The van der Waals surface area contributed by atoms with E-state index in [0.29, 0.717) is 5.69 Å². The number of hydrogen-bond donors (Lipinski definition) is 1. The summed E-state index contributed by atoms with van der Waals surface area (Å²) in [5.41, 5.74) is 4.54. The average molecular weight is 562 g/mol. The quantitative estimate of drug-likeness (QED) is 0.472. The summed E-state index contributed by atoms with van der Waals surface area (Å²) in [6.45, 7) is 5.38. The number of benzene rings is 2. The summed E-state index contributed by atoms with van der Waals surface area (Å²) in [5, 5.41) is 11.4. The fourth-order valence-electron chi connectivity index (χ4n) is 5.89. The van der Waals surface area contributed by atoms with Crippen molar-refractivity contribution in [2.24, 2.45) is 0 Å². The molecular weight excluding hydrogens is 526 g/mol. The molecule has 2 atom stereocenters. The largest absolute Gasteiger partial charge is 0.329 e. The second kappa shape index (κ2) is 11.1. The van der Waals surface area contributed by atoms with Gasteiger partial charge in [0, 0.05) is 57.7 Å². The first-order valence-electron chi connectivity index (χ1n) is 13.9. The predicted molar refractivity (Wildman–Crippen MR) is 151 cm³/mol. The second-order valence-electron chi connectivity index (χ2n) is 10.9. The third-order valence-electron chi connectivity index (χ3n) is 8.15. The van der Waals surface area contributed by atoms with Crippen LogP contribution in [0.25, 0.3) is 0 Å². The summed E-state index contributed by atoms with van der Waals surface area (Å²) in [4.78, 5) is 17.8. The molecule has 0 spiro atoms. The maximum atomic E-state index is 13.3. The molecule has 0 saturated carbocycles. The number of aromatic nitrogens is 3. The van der Waals surface area contributed by atoms with Gasteiger partial charge in [0.25, 0.3) is 10.0 Å². The topological polar surface area (TPSA) is 104 Å². The van der Waals surface area contributed by atoms with Gasteiger partial charge in [0.2, 0.25) is 5.91 Å². The molecule has 1 fully saturated rings. The number of fused-ring (bicyclic) bond motifs is 1. The SMILES string of the molecule is CN1CCN(Cc2ccc3c(c2)CCC[C@@H]3n2cc(C[C@@H]3C(=O)NC=CN3S(=O)(=O)c3ccccc3)nn2)CC1. The third kappa shape index (κ3) is 5.41. The first kappa shape index (κ1) is 26.7. The molecule has 2 aliphatic heterocycles. The predicted octanol–water partition coefficient (Wildman–Crippen LogP) is 2.15. The van der Waals surface area contributed by atoms with E-state index < -0.39 is 22.0 Å². The van der Waals surface area contributed by atoms with Crippen molar-refractivity contribution < 1.29 is 13.2 Å². The zero-order chi connectivity index (χ0) is 27.7. The average Bonchev–Trinajstić information content (AvgIpc) is 3.44. The Morgan fingerprint density at radius 3 is 2.65 bits per heavy atom. The molecule has 40 heavy (non-hydrogen) atoms. The molecular formula is C29H35N7O3S. The van der Waals surface area contributed by atoms with Crippen molar-refractivity contribution in [2.75, 3.05) is 33.2 Å². The first-order chi connectivity index (χ1) is 19.4. The molecule has 0 bridgehead atoms. The molecule has 3 heterocycles. The molecule has 1 amide bonds. The number of piperazine rings is 1. The lowest BCUT2D eigenvalue weighted by molar-refractivity contribution is -0.124. The summed E-state index contributed by atoms with van der Waals surface area (Å²) in [6, 6.07) is 14.1. The summed E-state index contributed by atoms with van der Waals surface area (Å²) in [5.74, 6) is -0.396. The van der Waals surface area contributed by atoms with Crippen LogP contribution in [0.3, 0.4) is 0 Å². The van der Waals surface area contributed by atoms with Gasteiger partial charge in [-0.1, -0.05) is 41.6 Å². The van der Waals surface area contributed by atoms with Crippen molar-refractivity contribution in [3.63, 3.8) is 0 Å². The van der Waals surface area contributed by atoms with Crippen molar-refractivity contribution in [1.29, 1.82) is 0 Å². The van der Waals surface area contributed by atoms with Crippen LogP contribution in [0.15, 0.2) is 72.0 Å². The Balaban J connectivity index is 1.19. The molecule has 1 N–H and O–H groups in total. The highest BCUT2D eigenvalue weighted by molar-refractivity contribution is 7.89. The van der Waals surface area contributed by atoms with E-state index in [1.165, 1.54) is 41.2 Å². The van der Waals surface area contributed by atoms with Crippen LogP contribution in [0, 0.1) is 0 Å². The van der Waals surface area contributed by atoms with Gasteiger partial charge in [0.15, 0.2) is 0 Å². The number of nitrogens with zero attached hydrogens (tertiary/aromatic N) is 6. The van der Waals surface area contributed by atoms with Gasteiger partial charge in [-0.2, -0.15) is 0 Å². The van der Waals surface area contributed by atoms with Crippen molar-refractivity contribution in [3.8, 4) is 0 Å². The highest BCUT2D eigenvalue weighted by Gasteiger charge is 2.36. The van der Waals surface area contributed by atoms with Gasteiger partial charge < -0.3 is 10.2 Å². The van der Waals surface area contributed by atoms with Gasteiger partial charge >= 0.3 is 0 Å². The lowest BCUT2D eigenvalue weighted by Gasteiger charge is -2.33. The highest BCUT2D eigenvalue weighted by Crippen LogP contribution is 2.33. The van der Waals surface area contributed by atoms with Crippen LogP contribution in [0.5, 0.6) is 0 Å². The minimum atomic E-state index is -3.91. The highest BCUT2D eigenvalue weighted by atomic mass is 32.2. The van der Waals surface area contributed by atoms with E-state index in [2.05, 4.69) is 50.7 Å². The smallest absolute Gasteiger partial charge is 0.264 e. The lowest BCUT2D eigenvalue weighted by Crippen LogP contribution is -2.50. The molecule has 1 saturated heterocycles. The Morgan fingerprint density at radius 2 is 1.85 bits per heavy atom. The Hall–Kier alpha value is -3.54. The van der Waals surface area contributed by atoms with E-state index in [4.69, 9.17) is 0 Å². The number of carbonyl (C=O) groups excluding carboxylic acids is 1. The van der Waals surface area contributed by atoms with Crippen molar-refractivity contribution in [2.45, 2.75) is 49.2 Å². The number of sulfonamides is 1. The molecule has 1 aromatic heterocycles. The van der Waals surface area contributed by atoms with Gasteiger partial charge in [0.1, 0.15) is 6.04 Å². The Kier molecular flexibility index (Phi) is 7.43. The molecule has 0 unspecified atom stereocenters. The van der Waals surface area contributed by atoms with Gasteiger partial charge in [-0.25, -0.2) is 13.1 Å². The second-order valence-corrected chi connectivity index (χ2v) is 12.7. The molecule has 0 radical (unpaired) electrons. The van der Waals surface area contributed by atoms with E-state index in [-0.39, 0.29) is 17.4 Å². The van der Waals surface area contributed by atoms with E-state index >= 15 is 0 Å². The molecule has 3 aliphatic rings. The number of rotatable bonds is 7. The zero-order valence-electron chi connectivity index (χ0n) is 22.7. The molecule has 2 aromatic carbocycles. The van der Waals surface area contributed by atoms with Crippen molar-refractivity contribution in [3.05, 3.63) is 89.5 Å². The van der Waals surface area contributed by atoms with Crippen molar-refractivity contribution >= 4 is 15.9 Å². The Bertz CT molecular complexity index is 1500. The van der Waals surface area contributed by atoms with Crippen LogP contribution in [-0.2, 0) is 34.2 Å². The van der Waals surface area contributed by atoms with Crippen LogP contribution in [0.2, 0.25) is 0 Å². The van der Waals surface area contributed by atoms with E-state index in [0.717, 1.165) is 56.3 Å². The molecule has 210 valence electrons. The standard InChI is InChI=1S/C29H35N7O3S/c1-33-14-16-34(17-15-33)20-22-10-11-26-23(18-22)6-5-9-27(26)35-21-24(31-32-35)19-28-29(37)30-12-13-36(28)40(38,39)25-7-3-2-4-8-25/h2-4,7-8,10-13,18,21,27-28H,5-6,9,14-17,19-20H2,1H3,(H,30,37)/t27-,28+/m0/s1. The van der Waals surface area contributed by atoms with E-state index in [1.807, 2.05) is 10.9 Å². The summed E-state index contributed by atoms with van der Waals surface area (Å²) in [6.07, 6.45) is 7.79. The molecule has 11 heteroatoms. The molecule has 6 rings (SSSR count). The Morgan fingerprint density at radius 1 is 1.05 bits per heavy atom. The van der Waals surface area contributed by atoms with Gasteiger partial charge in [-0.15, -0.1) is 5.10 Å². The van der Waals surface area contributed by atoms with Gasteiger partial charge in [-0.3, -0.25) is 14.0 Å². The van der Waals surface area contributed by atoms with Crippen LogP contribution < -0.4 is 5.32 Å². The number of aryl methyl sites for hydroxylation is 1. The number of nitrogens with one attached hydrogen (secondary N) is 1. The number of amides is 1. The van der Waals surface area contributed by atoms with Crippen LogP contribution >= 0.6 is 0 Å². The fraction of sp³-hybridized carbons (Fsp3) is 0.414. The molecule has 1 aliphatic carbocycles. The maximum absolute atomic E-state index is 13.3. The van der Waals surface area contributed by atoms with E-state index in [9.17, 15) is 13.2 Å². The number of likely N-dealkylation sites (N-methyl/N-ethyl adjacent to an activating group) is 1. The molecule has 10 nitrogen and oxygen atoms in total. The van der Waals surface area contributed by atoms with Crippen LogP contribution in [-0.4, -0.2) is 82.7 Å². The number of carbonyl (C=O) groups is 1. The monoisotopic (exact) mass is 561 g/mol. The summed E-state index contributed by atoms with van der Waals surface area (Å²) in [7, 11) is -1.73. The first-order valence-corrected chi connectivity index (χ1v) is 15.3. The van der Waals surface area contributed by atoms with Crippen LogP contribution in [0.4, 0.5) is 0 Å². The van der Waals surface area contributed by atoms with Gasteiger partial charge in [0.05, 0.1) is 16.6 Å². The normalized spacial score (nSPS) is 22.2. The minimum Gasteiger partial charge on any atom is -0.329 e. The van der Waals surface area contributed by atoms with Crippen molar-refractivity contribution in [1.82, 2.24) is 34.4 Å². The third-order valence-corrected chi connectivity index (χ3v) is 9.95. The Labute approximate surface area is 235 Å².